The van der Waals surface area contributed by atoms with Crippen LogP contribution in [0, 0.1) is 5.41 Å². The van der Waals surface area contributed by atoms with Crippen molar-refractivity contribution in [2.24, 2.45) is 11.1 Å². The van der Waals surface area contributed by atoms with Crippen molar-refractivity contribution in [3.05, 3.63) is 34.6 Å². The molecule has 2 heterocycles. The maximum atomic E-state index is 13.4. The van der Waals surface area contributed by atoms with Gasteiger partial charge in [0.2, 0.25) is 0 Å². The van der Waals surface area contributed by atoms with Gasteiger partial charge in [-0.3, -0.25) is 4.90 Å². The number of piperidine rings is 1. The number of tetrazole rings is 1. The van der Waals surface area contributed by atoms with Crippen LogP contribution >= 0.6 is 11.6 Å². The van der Waals surface area contributed by atoms with Crippen LogP contribution in [0.3, 0.4) is 0 Å². The predicted molar refractivity (Wildman–Crippen MR) is 90.8 cm³/mol. The number of halogens is 4. The molecule has 1 aromatic heterocycles. The lowest BCUT2D eigenvalue weighted by molar-refractivity contribution is -0.137. The number of hydrogen-bond donors (Lipinski definition) is 1. The molecule has 3 rings (SSSR count). The molecule has 2 aromatic rings. The number of rotatable bonds is 3. The van der Waals surface area contributed by atoms with E-state index in [1.165, 1.54) is 12.1 Å². The third kappa shape index (κ3) is 3.84. The lowest BCUT2D eigenvalue weighted by Crippen LogP contribution is -2.52. The van der Waals surface area contributed by atoms with Gasteiger partial charge < -0.3 is 5.73 Å². The van der Waals surface area contributed by atoms with Crippen LogP contribution < -0.4 is 5.73 Å². The Hall–Kier alpha value is -1.71. The fraction of sp³-hybridized carbons (Fsp3) is 0.562. The van der Waals surface area contributed by atoms with Crippen molar-refractivity contribution in [3.8, 4) is 5.69 Å². The van der Waals surface area contributed by atoms with Gasteiger partial charge >= 0.3 is 6.18 Å². The zero-order chi connectivity index (χ0) is 19.1. The van der Waals surface area contributed by atoms with Crippen molar-refractivity contribution in [2.45, 2.75) is 39.0 Å². The van der Waals surface area contributed by atoms with E-state index < -0.39 is 11.7 Å². The molecular weight excluding hydrogens is 369 g/mol. The quantitative estimate of drug-likeness (QED) is 0.875. The topological polar surface area (TPSA) is 72.9 Å². The van der Waals surface area contributed by atoms with Gasteiger partial charge in [0.05, 0.1) is 17.8 Å². The first kappa shape index (κ1) is 19.1. The molecule has 26 heavy (non-hydrogen) atoms. The first-order valence-corrected chi connectivity index (χ1v) is 8.58. The Labute approximate surface area is 154 Å². The van der Waals surface area contributed by atoms with Crippen LogP contribution in [0.4, 0.5) is 13.2 Å². The average Bonchev–Trinajstić information content (AvgIpc) is 2.98. The van der Waals surface area contributed by atoms with Crippen LogP contribution in [-0.2, 0) is 12.7 Å². The van der Waals surface area contributed by atoms with E-state index in [1.54, 1.807) is 0 Å². The minimum atomic E-state index is -4.57. The van der Waals surface area contributed by atoms with Crippen molar-refractivity contribution in [1.82, 2.24) is 25.1 Å². The number of likely N-dealkylation sites (tertiary alicyclic amines) is 1. The van der Waals surface area contributed by atoms with E-state index in [0.717, 1.165) is 23.7 Å². The number of nitrogens with two attached hydrogens (primary N) is 1. The van der Waals surface area contributed by atoms with E-state index in [4.69, 9.17) is 17.3 Å². The second kappa shape index (κ2) is 6.79. The molecule has 1 unspecified atom stereocenters. The molecule has 0 saturated carbocycles. The molecule has 10 heteroatoms. The fourth-order valence-electron chi connectivity index (χ4n) is 3.23. The second-order valence-electron chi connectivity index (χ2n) is 7.26. The molecule has 0 bridgehead atoms. The lowest BCUT2D eigenvalue weighted by Gasteiger charge is -2.42. The highest BCUT2D eigenvalue weighted by Gasteiger charge is 2.36. The van der Waals surface area contributed by atoms with Crippen LogP contribution in [0.25, 0.3) is 5.69 Å². The Balaban J connectivity index is 1.91. The van der Waals surface area contributed by atoms with Crippen molar-refractivity contribution in [1.29, 1.82) is 0 Å². The molecule has 1 saturated heterocycles. The maximum Gasteiger partial charge on any atom is 0.418 e. The zero-order valence-corrected chi connectivity index (χ0v) is 15.2. The van der Waals surface area contributed by atoms with Gasteiger partial charge in [-0.1, -0.05) is 25.4 Å². The third-order valence-electron chi connectivity index (χ3n) is 4.78. The van der Waals surface area contributed by atoms with Crippen molar-refractivity contribution in [3.63, 3.8) is 0 Å². The summed E-state index contributed by atoms with van der Waals surface area (Å²) in [6, 6.07) is 3.63. The Bertz CT molecular complexity index is 789. The van der Waals surface area contributed by atoms with Crippen molar-refractivity contribution >= 4 is 11.6 Å². The summed E-state index contributed by atoms with van der Waals surface area (Å²) in [5.41, 5.74) is 5.03. The minimum Gasteiger partial charge on any atom is -0.327 e. The largest absolute Gasteiger partial charge is 0.418 e. The fourth-order valence-corrected chi connectivity index (χ4v) is 3.40. The molecule has 1 aliphatic rings. The molecular formula is C16H20ClF3N6. The number of aromatic nitrogens is 4. The number of alkyl halides is 3. The standard InChI is InChI=1S/C16H20ClF3N6/c1-15(2)9-25(6-5-13(15)21)8-14-22-23-24-26(14)12-4-3-10(17)7-11(12)16(18,19)20/h3-4,7,13H,5-6,8-9,21H2,1-2H3. The van der Waals surface area contributed by atoms with Crippen LogP contribution in [0.2, 0.25) is 5.02 Å². The summed E-state index contributed by atoms with van der Waals surface area (Å²) in [5, 5.41) is 11.3. The molecule has 1 aliphatic heterocycles. The molecule has 1 fully saturated rings. The van der Waals surface area contributed by atoms with E-state index in [9.17, 15) is 13.2 Å². The van der Waals surface area contributed by atoms with E-state index >= 15 is 0 Å². The van der Waals surface area contributed by atoms with E-state index in [2.05, 4.69) is 34.3 Å². The first-order valence-electron chi connectivity index (χ1n) is 8.20. The molecule has 1 atom stereocenters. The maximum absolute atomic E-state index is 13.4. The molecule has 0 spiro atoms. The number of benzene rings is 1. The second-order valence-corrected chi connectivity index (χ2v) is 7.70. The Morgan fingerprint density at radius 3 is 2.73 bits per heavy atom. The summed E-state index contributed by atoms with van der Waals surface area (Å²) in [4.78, 5) is 2.11. The van der Waals surface area contributed by atoms with Crippen LogP contribution in [0.1, 0.15) is 31.7 Å². The van der Waals surface area contributed by atoms with Gasteiger partial charge in [-0.2, -0.15) is 17.9 Å². The van der Waals surface area contributed by atoms with Crippen LogP contribution in [0.5, 0.6) is 0 Å². The molecule has 0 amide bonds. The van der Waals surface area contributed by atoms with Gasteiger partial charge in [0.15, 0.2) is 5.82 Å². The number of nitrogens with zero attached hydrogens (tertiary/aromatic N) is 5. The molecule has 142 valence electrons. The highest BCUT2D eigenvalue weighted by atomic mass is 35.5. The van der Waals surface area contributed by atoms with Gasteiger partial charge in [0, 0.05) is 24.2 Å². The van der Waals surface area contributed by atoms with Gasteiger partial charge in [-0.05, 0) is 40.5 Å². The summed E-state index contributed by atoms with van der Waals surface area (Å²) in [7, 11) is 0. The summed E-state index contributed by atoms with van der Waals surface area (Å²) in [6.07, 6.45) is -3.76. The van der Waals surface area contributed by atoms with E-state index in [0.29, 0.717) is 18.9 Å². The minimum absolute atomic E-state index is 0.00228. The monoisotopic (exact) mass is 388 g/mol. The Morgan fingerprint density at radius 1 is 1.35 bits per heavy atom. The first-order chi connectivity index (χ1) is 12.1. The Kier molecular flexibility index (Phi) is 4.98. The van der Waals surface area contributed by atoms with E-state index in [-0.39, 0.29) is 22.2 Å². The van der Waals surface area contributed by atoms with Gasteiger partial charge in [-0.25, -0.2) is 0 Å². The van der Waals surface area contributed by atoms with Crippen LogP contribution in [0.15, 0.2) is 18.2 Å². The smallest absolute Gasteiger partial charge is 0.327 e. The molecule has 0 aliphatic carbocycles. The predicted octanol–water partition coefficient (Wildman–Crippen LogP) is 2.89. The van der Waals surface area contributed by atoms with Gasteiger partial charge in [-0.15, -0.1) is 5.10 Å². The Morgan fingerprint density at radius 2 is 2.08 bits per heavy atom. The molecule has 1 aromatic carbocycles. The summed E-state index contributed by atoms with van der Waals surface area (Å²) >= 11 is 5.74. The SMILES string of the molecule is CC1(C)CN(Cc2nnnn2-c2ccc(Cl)cc2C(F)(F)F)CCC1N. The highest BCUT2D eigenvalue weighted by molar-refractivity contribution is 6.30. The lowest BCUT2D eigenvalue weighted by atomic mass is 9.80. The molecule has 6 nitrogen and oxygen atoms in total. The zero-order valence-electron chi connectivity index (χ0n) is 14.5. The normalized spacial score (nSPS) is 21.1. The molecule has 2 N–H and O–H groups in total. The van der Waals surface area contributed by atoms with Gasteiger partial charge in [0.25, 0.3) is 0 Å². The van der Waals surface area contributed by atoms with Crippen molar-refractivity contribution < 1.29 is 13.2 Å². The average molecular weight is 389 g/mol. The number of hydrogen-bond acceptors (Lipinski definition) is 5. The van der Waals surface area contributed by atoms with Crippen LogP contribution in [-0.4, -0.2) is 44.2 Å². The highest BCUT2D eigenvalue weighted by Crippen LogP contribution is 2.36. The van der Waals surface area contributed by atoms with Crippen molar-refractivity contribution in [2.75, 3.05) is 13.1 Å². The van der Waals surface area contributed by atoms with Gasteiger partial charge in [0.1, 0.15) is 0 Å². The van der Waals surface area contributed by atoms with E-state index in [1.807, 2.05) is 0 Å². The summed E-state index contributed by atoms with van der Waals surface area (Å²) in [6.45, 7) is 5.95. The molecule has 0 radical (unpaired) electrons. The summed E-state index contributed by atoms with van der Waals surface area (Å²) in [5.74, 6) is 0.337. The third-order valence-corrected chi connectivity index (χ3v) is 5.02. The summed E-state index contributed by atoms with van der Waals surface area (Å²) < 4.78 is 41.3.